The lowest BCUT2D eigenvalue weighted by Crippen LogP contribution is -2.16. The molecule has 6 aromatic carbocycles. The average molecular weight is 1030 g/mol. The molecule has 0 saturated carbocycles. The number of rotatable bonds is 8. The van der Waals surface area contributed by atoms with Crippen LogP contribution in [-0.2, 0) is 6.42 Å². The number of hydrogen-bond donors (Lipinski definition) is 0. The molecule has 0 fully saturated rings. The maximum absolute atomic E-state index is 12.5. The van der Waals surface area contributed by atoms with Crippen LogP contribution in [0.2, 0.25) is 0 Å². The van der Waals surface area contributed by atoms with Crippen molar-refractivity contribution in [2.24, 2.45) is 0 Å². The summed E-state index contributed by atoms with van der Waals surface area (Å²) in [7, 11) is 0. The summed E-state index contributed by atoms with van der Waals surface area (Å²) in [5, 5.41) is 0. The van der Waals surface area contributed by atoms with Crippen molar-refractivity contribution >= 4 is 67.8 Å². The summed E-state index contributed by atoms with van der Waals surface area (Å²) in [5.41, 5.74) is 11.2. The number of aryl methyl sites for hydroxylation is 1. The minimum Gasteiger partial charge on any atom is -0.406 e. The van der Waals surface area contributed by atoms with Gasteiger partial charge in [0.05, 0.1) is 0 Å². The predicted octanol–water partition coefficient (Wildman–Crippen LogP) is 13.9. The van der Waals surface area contributed by atoms with E-state index in [-0.39, 0.29) is 11.5 Å². The van der Waals surface area contributed by atoms with E-state index in [1.165, 1.54) is 35.4 Å². The first-order valence-corrected chi connectivity index (χ1v) is 18.6. The molecule has 6 rings (SSSR count). The molecular weight excluding hydrogens is 1010 g/mol. The highest BCUT2D eigenvalue weighted by molar-refractivity contribution is 14.1. The van der Waals surface area contributed by atoms with E-state index in [1.54, 1.807) is 24.3 Å². The van der Waals surface area contributed by atoms with E-state index in [2.05, 4.69) is 108 Å². The van der Waals surface area contributed by atoms with Gasteiger partial charge in [-0.25, -0.2) is 0 Å². The molecule has 0 aliphatic heterocycles. The number of halogens is 9. The lowest BCUT2D eigenvalue weighted by molar-refractivity contribution is -0.275. The largest absolute Gasteiger partial charge is 0.573 e. The van der Waals surface area contributed by atoms with Gasteiger partial charge in [0.25, 0.3) is 0 Å². The van der Waals surface area contributed by atoms with Crippen LogP contribution in [-0.4, -0.2) is 12.7 Å². The Kier molecular flexibility index (Phi) is 11.3. The summed E-state index contributed by atoms with van der Waals surface area (Å²) >= 11 is 7.11. The maximum Gasteiger partial charge on any atom is 0.573 e. The fourth-order valence-corrected chi connectivity index (χ4v) is 9.54. The number of alkyl halides is 6. The van der Waals surface area contributed by atoms with Gasteiger partial charge in [-0.15, -0.1) is 26.3 Å². The van der Waals surface area contributed by atoms with Gasteiger partial charge in [-0.3, -0.25) is 0 Å². The highest BCUT2D eigenvalue weighted by Crippen LogP contribution is 2.36. The van der Waals surface area contributed by atoms with Gasteiger partial charge in [0, 0.05) is 16.3 Å². The second-order valence-electron chi connectivity index (χ2n) is 11.7. The molecule has 0 bridgehead atoms. The monoisotopic (exact) mass is 1030 g/mol. The zero-order chi connectivity index (χ0) is 36.5. The normalized spacial score (nSPS) is 11.8. The van der Waals surface area contributed by atoms with Crippen molar-refractivity contribution < 1.29 is 35.8 Å². The zero-order valence-electron chi connectivity index (χ0n) is 26.5. The van der Waals surface area contributed by atoms with Gasteiger partial charge in [-0.2, -0.15) is 0 Å². The third-order valence-corrected chi connectivity index (χ3v) is 10.6. The van der Waals surface area contributed by atoms with E-state index in [4.69, 9.17) is 0 Å². The Bertz CT molecular complexity index is 1960. The molecule has 51 heavy (non-hydrogen) atoms. The van der Waals surface area contributed by atoms with Crippen LogP contribution in [0.1, 0.15) is 16.7 Å². The lowest BCUT2D eigenvalue weighted by Gasteiger charge is -2.15. The summed E-state index contributed by atoms with van der Waals surface area (Å²) in [4.78, 5) is 0. The second-order valence-corrected chi connectivity index (χ2v) is 15.2. The van der Waals surface area contributed by atoms with Gasteiger partial charge < -0.3 is 9.47 Å². The molecule has 0 saturated heterocycles. The molecule has 0 heterocycles. The summed E-state index contributed by atoms with van der Waals surface area (Å²) in [6.45, 7) is 2.10. The predicted molar refractivity (Wildman–Crippen MR) is 214 cm³/mol. The molecule has 2 nitrogen and oxygen atoms in total. The minimum atomic E-state index is -4.73. The molecule has 11 heteroatoms. The molecule has 0 radical (unpaired) electrons. The van der Waals surface area contributed by atoms with Crippen molar-refractivity contribution in [2.45, 2.75) is 26.1 Å². The molecule has 0 aliphatic rings. The SMILES string of the molecule is Cc1cc(Cc2cc(I)c(-c3ccc(-c4ccc(OC(F)(F)F)cc4)cc3)c(I)c2)cc(I)c1-c1ccc(-c2ccc(OC(F)(F)F)cc2)cc1. The van der Waals surface area contributed by atoms with Crippen molar-refractivity contribution in [1.82, 2.24) is 0 Å². The average Bonchev–Trinajstić information content (AvgIpc) is 3.04. The van der Waals surface area contributed by atoms with Crippen LogP contribution >= 0.6 is 67.8 Å². The molecule has 0 N–H and O–H groups in total. The van der Waals surface area contributed by atoms with Crippen LogP contribution in [0.5, 0.6) is 11.5 Å². The first-order valence-electron chi connectivity index (χ1n) is 15.3. The van der Waals surface area contributed by atoms with Crippen molar-refractivity contribution in [3.8, 4) is 56.0 Å². The van der Waals surface area contributed by atoms with Crippen molar-refractivity contribution in [2.75, 3.05) is 0 Å². The summed E-state index contributed by atoms with van der Waals surface area (Å²) in [5.74, 6) is -0.511. The topological polar surface area (TPSA) is 18.5 Å². The molecule has 0 unspecified atom stereocenters. The minimum absolute atomic E-state index is 0.255. The molecular formula is C40H25F6I3O2. The third kappa shape index (κ3) is 9.57. The standard InChI is InChI=1S/C40H25F6I3O2/c1-23-18-24(20-34(47)37(23)30-6-2-26(3-7-30)28-10-14-32(15-11-28)50-39(41,42)43)19-25-21-35(48)38(36(49)22-25)31-8-4-27(5-9-31)29-12-16-33(17-13-29)51-40(44,45)46/h2-18,20-22H,19H2,1H3. The maximum atomic E-state index is 12.5. The van der Waals surface area contributed by atoms with Gasteiger partial charge >= 0.3 is 12.7 Å². The van der Waals surface area contributed by atoms with Gasteiger partial charge in [0.1, 0.15) is 11.5 Å². The van der Waals surface area contributed by atoms with Crippen molar-refractivity contribution in [3.05, 3.63) is 149 Å². The summed E-state index contributed by atoms with van der Waals surface area (Å²) < 4.78 is 86.4. The van der Waals surface area contributed by atoms with E-state index in [9.17, 15) is 26.3 Å². The number of ether oxygens (including phenoxy) is 2. The Morgan fingerprint density at radius 3 is 1.08 bits per heavy atom. The van der Waals surface area contributed by atoms with E-state index in [1.807, 2.05) is 48.5 Å². The highest BCUT2D eigenvalue weighted by Gasteiger charge is 2.31. The Hall–Kier alpha value is -3.31. The van der Waals surface area contributed by atoms with Crippen LogP contribution in [0.15, 0.2) is 121 Å². The Morgan fingerprint density at radius 2 is 0.725 bits per heavy atom. The van der Waals surface area contributed by atoms with Gasteiger partial charge in [-0.1, -0.05) is 78.9 Å². The lowest BCUT2D eigenvalue weighted by atomic mass is 9.94. The van der Waals surface area contributed by atoms with Crippen LogP contribution in [0.3, 0.4) is 0 Å². The van der Waals surface area contributed by atoms with Crippen LogP contribution in [0.4, 0.5) is 26.3 Å². The summed E-state index contributed by atoms with van der Waals surface area (Å²) in [6, 6.07) is 36.4. The van der Waals surface area contributed by atoms with Gasteiger partial charge in [-0.05, 0) is 179 Å². The van der Waals surface area contributed by atoms with Crippen LogP contribution < -0.4 is 9.47 Å². The quantitative estimate of drug-likeness (QED) is 0.112. The molecule has 0 atom stereocenters. The Morgan fingerprint density at radius 1 is 0.431 bits per heavy atom. The number of hydrogen-bond acceptors (Lipinski definition) is 2. The smallest absolute Gasteiger partial charge is 0.406 e. The molecule has 0 spiro atoms. The third-order valence-electron chi connectivity index (χ3n) is 8.05. The van der Waals surface area contributed by atoms with Crippen molar-refractivity contribution in [1.29, 1.82) is 0 Å². The molecule has 0 amide bonds. The Labute approximate surface area is 331 Å². The van der Waals surface area contributed by atoms with Gasteiger partial charge in [0.15, 0.2) is 0 Å². The van der Waals surface area contributed by atoms with E-state index < -0.39 is 12.7 Å². The van der Waals surface area contributed by atoms with E-state index >= 15 is 0 Å². The first-order chi connectivity index (χ1) is 24.1. The molecule has 0 aliphatic carbocycles. The highest BCUT2D eigenvalue weighted by atomic mass is 127. The molecule has 0 aromatic heterocycles. The van der Waals surface area contributed by atoms with Crippen LogP contribution in [0, 0.1) is 17.6 Å². The van der Waals surface area contributed by atoms with Crippen LogP contribution in [0.25, 0.3) is 44.5 Å². The van der Waals surface area contributed by atoms with E-state index in [0.29, 0.717) is 0 Å². The number of benzene rings is 6. The zero-order valence-corrected chi connectivity index (χ0v) is 32.9. The second kappa shape index (κ2) is 15.3. The molecule has 6 aromatic rings. The van der Waals surface area contributed by atoms with Crippen molar-refractivity contribution in [3.63, 3.8) is 0 Å². The Balaban J connectivity index is 1.15. The fourth-order valence-electron chi connectivity index (χ4n) is 5.88. The fraction of sp³-hybridized carbons (Fsp3) is 0.100. The van der Waals surface area contributed by atoms with E-state index in [0.717, 1.165) is 67.2 Å². The van der Waals surface area contributed by atoms with Gasteiger partial charge in [0.2, 0.25) is 0 Å². The summed E-state index contributed by atoms with van der Waals surface area (Å²) in [6.07, 6.45) is -8.70. The molecule has 260 valence electrons. The first kappa shape index (κ1) is 37.4.